The van der Waals surface area contributed by atoms with Crippen molar-refractivity contribution in [1.82, 2.24) is 0 Å². The van der Waals surface area contributed by atoms with Gasteiger partial charge in [0.15, 0.2) is 6.10 Å². The van der Waals surface area contributed by atoms with Crippen LogP contribution in [0.2, 0.25) is 0 Å². The van der Waals surface area contributed by atoms with E-state index >= 15 is 0 Å². The third-order valence-electron chi connectivity index (χ3n) is 2.09. The van der Waals surface area contributed by atoms with Crippen LogP contribution in [-0.2, 0) is 9.53 Å². The van der Waals surface area contributed by atoms with Crippen LogP contribution < -0.4 is 4.74 Å². The molecule has 0 bridgehead atoms. The summed E-state index contributed by atoms with van der Waals surface area (Å²) in [4.78, 5) is 10.9. The van der Waals surface area contributed by atoms with E-state index in [1.54, 1.807) is 24.3 Å². The number of rotatable bonds is 6. The van der Waals surface area contributed by atoms with Gasteiger partial charge >= 0.3 is 5.97 Å². The van der Waals surface area contributed by atoms with E-state index in [9.17, 15) is 4.79 Å². The van der Waals surface area contributed by atoms with Crippen molar-refractivity contribution in [3.05, 3.63) is 29.8 Å². The van der Waals surface area contributed by atoms with Gasteiger partial charge in [-0.15, -0.1) is 0 Å². The van der Waals surface area contributed by atoms with Gasteiger partial charge in [0.2, 0.25) is 0 Å². The molecule has 0 aliphatic rings. The minimum atomic E-state index is -1.00. The molecule has 1 aromatic rings. The van der Waals surface area contributed by atoms with Gasteiger partial charge in [-0.05, 0) is 24.1 Å². The Morgan fingerprint density at radius 1 is 1.50 bits per heavy atom. The number of hydrogen-bond donors (Lipinski definition) is 1. The summed E-state index contributed by atoms with van der Waals surface area (Å²) < 4.78 is 10.3. The highest BCUT2D eigenvalue weighted by molar-refractivity contribution is 5.74. The van der Waals surface area contributed by atoms with Crippen LogP contribution in [0.5, 0.6) is 5.75 Å². The van der Waals surface area contributed by atoms with Crippen molar-refractivity contribution >= 4 is 5.97 Å². The van der Waals surface area contributed by atoms with Gasteiger partial charge in [-0.2, -0.15) is 0 Å². The van der Waals surface area contributed by atoms with Crippen LogP contribution >= 0.6 is 0 Å². The lowest BCUT2D eigenvalue weighted by Crippen LogP contribution is -2.13. The second-order valence-corrected chi connectivity index (χ2v) is 3.37. The largest absolute Gasteiger partial charge is 0.494 e. The van der Waals surface area contributed by atoms with Gasteiger partial charge in [0, 0.05) is 7.11 Å². The molecule has 4 nitrogen and oxygen atoms in total. The molecule has 0 spiro atoms. The predicted molar refractivity (Wildman–Crippen MR) is 59.6 cm³/mol. The molecule has 1 atom stereocenters. The highest BCUT2D eigenvalue weighted by Crippen LogP contribution is 2.21. The SMILES string of the molecule is CCCOc1cccc(C(OC)C(=O)O)c1. The van der Waals surface area contributed by atoms with Crippen LogP contribution in [0, 0.1) is 0 Å². The first-order chi connectivity index (χ1) is 7.69. The number of carboxylic acids is 1. The molecule has 1 N–H and O–H groups in total. The van der Waals surface area contributed by atoms with Crippen molar-refractivity contribution in [3.63, 3.8) is 0 Å². The first-order valence-electron chi connectivity index (χ1n) is 5.17. The molecule has 0 aromatic heterocycles. The van der Waals surface area contributed by atoms with Gasteiger partial charge in [-0.3, -0.25) is 0 Å². The summed E-state index contributed by atoms with van der Waals surface area (Å²) >= 11 is 0. The van der Waals surface area contributed by atoms with Crippen molar-refractivity contribution in [2.75, 3.05) is 13.7 Å². The highest BCUT2D eigenvalue weighted by atomic mass is 16.5. The number of carboxylic acid groups (broad SMARTS) is 1. The highest BCUT2D eigenvalue weighted by Gasteiger charge is 2.19. The first kappa shape index (κ1) is 12.5. The number of hydrogen-bond acceptors (Lipinski definition) is 3. The van der Waals surface area contributed by atoms with E-state index in [1.165, 1.54) is 7.11 Å². The maximum absolute atomic E-state index is 10.9. The van der Waals surface area contributed by atoms with E-state index < -0.39 is 12.1 Å². The Hall–Kier alpha value is -1.55. The van der Waals surface area contributed by atoms with Crippen LogP contribution in [0.25, 0.3) is 0 Å². The Balaban J connectivity index is 2.83. The Labute approximate surface area is 94.8 Å². The molecule has 88 valence electrons. The van der Waals surface area contributed by atoms with Gasteiger partial charge in [0.1, 0.15) is 5.75 Å². The lowest BCUT2D eigenvalue weighted by atomic mass is 10.1. The first-order valence-corrected chi connectivity index (χ1v) is 5.17. The zero-order valence-electron chi connectivity index (χ0n) is 9.47. The zero-order valence-corrected chi connectivity index (χ0v) is 9.47. The molecule has 0 heterocycles. The summed E-state index contributed by atoms with van der Waals surface area (Å²) in [6.45, 7) is 2.63. The smallest absolute Gasteiger partial charge is 0.337 e. The van der Waals surface area contributed by atoms with Crippen molar-refractivity contribution in [2.24, 2.45) is 0 Å². The molecule has 0 saturated heterocycles. The third kappa shape index (κ3) is 3.24. The fourth-order valence-corrected chi connectivity index (χ4v) is 1.37. The molecule has 16 heavy (non-hydrogen) atoms. The minimum absolute atomic E-state index is 0.587. The molecule has 0 aliphatic heterocycles. The summed E-state index contributed by atoms with van der Waals surface area (Å²) in [5.74, 6) is -0.335. The topological polar surface area (TPSA) is 55.8 Å². The second-order valence-electron chi connectivity index (χ2n) is 3.37. The van der Waals surface area contributed by atoms with E-state index in [1.807, 2.05) is 6.92 Å². The molecular weight excluding hydrogens is 208 g/mol. The van der Waals surface area contributed by atoms with Crippen molar-refractivity contribution < 1.29 is 19.4 Å². The van der Waals surface area contributed by atoms with Crippen molar-refractivity contribution in [3.8, 4) is 5.75 Å². The number of carbonyl (C=O) groups is 1. The zero-order chi connectivity index (χ0) is 12.0. The monoisotopic (exact) mass is 224 g/mol. The Bertz CT molecular complexity index is 349. The summed E-state index contributed by atoms with van der Waals surface area (Å²) in [5.41, 5.74) is 0.587. The molecule has 0 radical (unpaired) electrons. The van der Waals surface area contributed by atoms with Gasteiger partial charge in [0.05, 0.1) is 6.61 Å². The molecule has 0 amide bonds. The van der Waals surface area contributed by atoms with E-state index in [4.69, 9.17) is 14.6 Å². The molecule has 0 saturated carbocycles. The third-order valence-corrected chi connectivity index (χ3v) is 2.09. The van der Waals surface area contributed by atoms with Crippen molar-refractivity contribution in [2.45, 2.75) is 19.4 Å². The van der Waals surface area contributed by atoms with Crippen LogP contribution in [-0.4, -0.2) is 24.8 Å². The van der Waals surface area contributed by atoms with E-state index in [0.29, 0.717) is 17.9 Å². The molecule has 1 aromatic carbocycles. The molecule has 4 heteroatoms. The molecule has 0 fully saturated rings. The average Bonchev–Trinajstić information content (AvgIpc) is 2.27. The lowest BCUT2D eigenvalue weighted by molar-refractivity contribution is -0.148. The lowest BCUT2D eigenvalue weighted by Gasteiger charge is -2.12. The number of benzene rings is 1. The Morgan fingerprint density at radius 3 is 2.81 bits per heavy atom. The number of ether oxygens (including phenoxy) is 2. The predicted octanol–water partition coefficient (Wildman–Crippen LogP) is 2.25. The summed E-state index contributed by atoms with van der Waals surface area (Å²) in [6.07, 6.45) is -0.0261. The maximum Gasteiger partial charge on any atom is 0.337 e. The van der Waals surface area contributed by atoms with Gasteiger partial charge in [0.25, 0.3) is 0 Å². The van der Waals surface area contributed by atoms with Crippen LogP contribution in [0.15, 0.2) is 24.3 Å². The van der Waals surface area contributed by atoms with E-state index in [2.05, 4.69) is 0 Å². The molecule has 1 unspecified atom stereocenters. The van der Waals surface area contributed by atoms with Gasteiger partial charge in [-0.25, -0.2) is 4.79 Å². The minimum Gasteiger partial charge on any atom is -0.494 e. The molecular formula is C12H16O4. The fourth-order valence-electron chi connectivity index (χ4n) is 1.37. The van der Waals surface area contributed by atoms with Crippen molar-refractivity contribution in [1.29, 1.82) is 0 Å². The average molecular weight is 224 g/mol. The molecule has 1 rings (SSSR count). The summed E-state index contributed by atoms with van der Waals surface area (Å²) in [6, 6.07) is 6.96. The second kappa shape index (κ2) is 6.12. The van der Waals surface area contributed by atoms with Crippen LogP contribution in [0.3, 0.4) is 0 Å². The van der Waals surface area contributed by atoms with Crippen LogP contribution in [0.4, 0.5) is 0 Å². The Kier molecular flexibility index (Phi) is 4.79. The van der Waals surface area contributed by atoms with E-state index in [-0.39, 0.29) is 0 Å². The van der Waals surface area contributed by atoms with Gasteiger partial charge in [-0.1, -0.05) is 19.1 Å². The van der Waals surface area contributed by atoms with Gasteiger partial charge < -0.3 is 14.6 Å². The quantitative estimate of drug-likeness (QED) is 0.805. The van der Waals surface area contributed by atoms with Crippen LogP contribution in [0.1, 0.15) is 25.0 Å². The summed E-state index contributed by atoms with van der Waals surface area (Å²) in [5, 5.41) is 8.93. The Morgan fingerprint density at radius 2 is 2.25 bits per heavy atom. The normalized spacial score (nSPS) is 12.1. The molecule has 0 aliphatic carbocycles. The standard InChI is InChI=1S/C12H16O4/c1-3-7-16-10-6-4-5-9(8-10)11(15-2)12(13)14/h4-6,8,11H,3,7H2,1-2H3,(H,13,14). The number of methoxy groups -OCH3 is 1. The fraction of sp³-hybridized carbons (Fsp3) is 0.417. The maximum atomic E-state index is 10.9. The summed E-state index contributed by atoms with van der Waals surface area (Å²) in [7, 11) is 1.37. The van der Waals surface area contributed by atoms with E-state index in [0.717, 1.165) is 6.42 Å². The number of aliphatic carboxylic acids is 1.